The Bertz CT molecular complexity index is 559. The fourth-order valence-corrected chi connectivity index (χ4v) is 3.01. The van der Waals surface area contributed by atoms with Crippen molar-refractivity contribution in [2.24, 2.45) is 5.92 Å². The minimum absolute atomic E-state index is 0.0220. The van der Waals surface area contributed by atoms with E-state index in [1.54, 1.807) is 13.0 Å². The normalized spacial score (nSPS) is 22.5. The van der Waals surface area contributed by atoms with Crippen molar-refractivity contribution >= 4 is 11.9 Å². The van der Waals surface area contributed by atoms with E-state index in [9.17, 15) is 19.1 Å². The van der Waals surface area contributed by atoms with E-state index in [-0.39, 0.29) is 5.56 Å². The van der Waals surface area contributed by atoms with E-state index < -0.39 is 29.7 Å². The van der Waals surface area contributed by atoms with Crippen molar-refractivity contribution in [3.05, 3.63) is 35.1 Å². The van der Waals surface area contributed by atoms with Gasteiger partial charge in [0, 0.05) is 6.04 Å². The number of aryl methyl sites for hydroxylation is 1. The second-order valence-electron chi connectivity index (χ2n) is 6.00. The van der Waals surface area contributed by atoms with Crippen molar-refractivity contribution in [3.63, 3.8) is 0 Å². The first-order chi connectivity index (χ1) is 10.5. The van der Waals surface area contributed by atoms with Gasteiger partial charge in [-0.3, -0.25) is 9.59 Å². The zero-order valence-corrected chi connectivity index (χ0v) is 12.8. The van der Waals surface area contributed by atoms with Crippen molar-refractivity contribution in [1.29, 1.82) is 0 Å². The summed E-state index contributed by atoms with van der Waals surface area (Å²) in [6, 6.07) is 3.91. The predicted molar refractivity (Wildman–Crippen MR) is 81.2 cm³/mol. The molecule has 120 valence electrons. The number of hydrogen-bond acceptors (Lipinski definition) is 2. The SMILES string of the molecule is Cc1ccc(F)c(C(=O)NC2CCCCCCC2C(=O)O)c1. The first kappa shape index (κ1) is 16.5. The molecule has 0 bridgehead atoms. The van der Waals surface area contributed by atoms with Crippen LogP contribution in [-0.2, 0) is 4.79 Å². The standard InChI is InChI=1S/C17H22FNO3/c1-11-8-9-14(18)13(10-11)16(20)19-15-7-5-3-2-4-6-12(15)17(21)22/h8-10,12,15H,2-7H2,1H3,(H,19,20)(H,21,22). The molecule has 1 aromatic carbocycles. The smallest absolute Gasteiger partial charge is 0.308 e. The number of nitrogens with one attached hydrogen (secondary N) is 1. The van der Waals surface area contributed by atoms with Crippen LogP contribution in [0.25, 0.3) is 0 Å². The molecular formula is C17H22FNO3. The highest BCUT2D eigenvalue weighted by atomic mass is 19.1. The molecule has 1 saturated carbocycles. The van der Waals surface area contributed by atoms with Crippen molar-refractivity contribution in [1.82, 2.24) is 5.32 Å². The quantitative estimate of drug-likeness (QED) is 0.900. The van der Waals surface area contributed by atoms with Gasteiger partial charge in [-0.2, -0.15) is 0 Å². The fourth-order valence-electron chi connectivity index (χ4n) is 3.01. The number of benzene rings is 1. The molecule has 1 amide bonds. The largest absolute Gasteiger partial charge is 0.481 e. The molecule has 1 aliphatic rings. The topological polar surface area (TPSA) is 66.4 Å². The Balaban J connectivity index is 2.15. The van der Waals surface area contributed by atoms with Crippen molar-refractivity contribution < 1.29 is 19.1 Å². The molecule has 5 heteroatoms. The lowest BCUT2D eigenvalue weighted by Gasteiger charge is -2.27. The third kappa shape index (κ3) is 4.06. The molecule has 2 unspecified atom stereocenters. The van der Waals surface area contributed by atoms with Crippen LogP contribution in [0.4, 0.5) is 4.39 Å². The Hall–Kier alpha value is -1.91. The summed E-state index contributed by atoms with van der Waals surface area (Å²) in [5.41, 5.74) is 0.769. The lowest BCUT2D eigenvalue weighted by atomic mass is 9.86. The molecular weight excluding hydrogens is 285 g/mol. The Morgan fingerprint density at radius 1 is 1.18 bits per heavy atom. The molecule has 1 aromatic rings. The maximum atomic E-state index is 13.8. The van der Waals surface area contributed by atoms with Crippen LogP contribution in [0.15, 0.2) is 18.2 Å². The second kappa shape index (κ2) is 7.38. The molecule has 0 radical (unpaired) electrons. The average Bonchev–Trinajstić information content (AvgIpc) is 2.44. The number of aliphatic carboxylic acids is 1. The first-order valence-corrected chi connectivity index (χ1v) is 7.79. The van der Waals surface area contributed by atoms with Crippen molar-refractivity contribution in [2.45, 2.75) is 51.5 Å². The minimum atomic E-state index is -0.892. The van der Waals surface area contributed by atoms with Gasteiger partial charge in [0.2, 0.25) is 0 Å². The van der Waals surface area contributed by atoms with Gasteiger partial charge in [0.15, 0.2) is 0 Å². The van der Waals surface area contributed by atoms with Crippen LogP contribution >= 0.6 is 0 Å². The van der Waals surface area contributed by atoms with Crippen molar-refractivity contribution in [3.8, 4) is 0 Å². The average molecular weight is 307 g/mol. The predicted octanol–water partition coefficient (Wildman–Crippen LogP) is 3.29. The molecule has 0 heterocycles. The van der Waals surface area contributed by atoms with Gasteiger partial charge in [0.25, 0.3) is 5.91 Å². The molecule has 2 atom stereocenters. The highest BCUT2D eigenvalue weighted by Gasteiger charge is 2.30. The Morgan fingerprint density at radius 3 is 2.55 bits per heavy atom. The molecule has 2 N–H and O–H groups in total. The van der Waals surface area contributed by atoms with E-state index in [1.807, 2.05) is 0 Å². The zero-order valence-electron chi connectivity index (χ0n) is 12.8. The van der Waals surface area contributed by atoms with E-state index in [0.717, 1.165) is 31.2 Å². The molecule has 1 fully saturated rings. The highest BCUT2D eigenvalue weighted by molar-refractivity contribution is 5.95. The first-order valence-electron chi connectivity index (χ1n) is 7.79. The molecule has 22 heavy (non-hydrogen) atoms. The van der Waals surface area contributed by atoms with Crippen molar-refractivity contribution in [2.75, 3.05) is 0 Å². The van der Waals surface area contributed by atoms with E-state index in [4.69, 9.17) is 0 Å². The van der Waals surface area contributed by atoms with Gasteiger partial charge in [-0.25, -0.2) is 4.39 Å². The van der Waals surface area contributed by atoms with E-state index in [1.165, 1.54) is 12.1 Å². The molecule has 0 saturated heterocycles. The van der Waals surface area contributed by atoms with Crippen LogP contribution in [0.5, 0.6) is 0 Å². The van der Waals surface area contributed by atoms with Gasteiger partial charge >= 0.3 is 5.97 Å². The summed E-state index contributed by atoms with van der Waals surface area (Å²) in [5.74, 6) is -2.60. The van der Waals surface area contributed by atoms with Gasteiger partial charge in [0.05, 0.1) is 11.5 Å². The summed E-state index contributed by atoms with van der Waals surface area (Å²) in [6.45, 7) is 1.78. The third-order valence-electron chi connectivity index (χ3n) is 4.27. The number of carboxylic acids is 1. The van der Waals surface area contributed by atoms with Gasteiger partial charge in [0.1, 0.15) is 5.82 Å². The number of carbonyl (C=O) groups excluding carboxylic acids is 1. The monoisotopic (exact) mass is 307 g/mol. The summed E-state index contributed by atoms with van der Waals surface area (Å²) in [4.78, 5) is 23.8. The lowest BCUT2D eigenvalue weighted by Crippen LogP contribution is -2.44. The molecule has 4 nitrogen and oxygen atoms in total. The van der Waals surface area contributed by atoms with Crippen LogP contribution in [0.2, 0.25) is 0 Å². The van der Waals surface area contributed by atoms with Gasteiger partial charge < -0.3 is 10.4 Å². The van der Waals surface area contributed by atoms with E-state index >= 15 is 0 Å². The van der Waals surface area contributed by atoms with E-state index in [0.29, 0.717) is 12.8 Å². The maximum Gasteiger partial charge on any atom is 0.308 e. The van der Waals surface area contributed by atoms with Crippen LogP contribution in [0.3, 0.4) is 0 Å². The molecule has 0 spiro atoms. The summed E-state index contributed by atoms with van der Waals surface area (Å²) >= 11 is 0. The molecule has 0 aliphatic heterocycles. The summed E-state index contributed by atoms with van der Waals surface area (Å²) in [7, 11) is 0. The fraction of sp³-hybridized carbons (Fsp3) is 0.529. The second-order valence-corrected chi connectivity index (χ2v) is 6.00. The number of amides is 1. The van der Waals surface area contributed by atoms with Gasteiger partial charge in [-0.05, 0) is 31.9 Å². The van der Waals surface area contributed by atoms with Crippen LogP contribution in [0.1, 0.15) is 54.4 Å². The van der Waals surface area contributed by atoms with Crippen LogP contribution in [-0.4, -0.2) is 23.0 Å². The zero-order chi connectivity index (χ0) is 16.1. The number of rotatable bonds is 3. The number of hydrogen-bond donors (Lipinski definition) is 2. The van der Waals surface area contributed by atoms with E-state index in [2.05, 4.69) is 5.32 Å². The number of carboxylic acid groups (broad SMARTS) is 1. The lowest BCUT2D eigenvalue weighted by molar-refractivity contribution is -0.143. The minimum Gasteiger partial charge on any atom is -0.481 e. The number of carbonyl (C=O) groups is 2. The highest BCUT2D eigenvalue weighted by Crippen LogP contribution is 2.24. The molecule has 0 aromatic heterocycles. The Kier molecular flexibility index (Phi) is 5.52. The Labute approximate surface area is 129 Å². The third-order valence-corrected chi connectivity index (χ3v) is 4.27. The molecule has 1 aliphatic carbocycles. The van der Waals surface area contributed by atoms with Gasteiger partial charge in [-0.15, -0.1) is 0 Å². The van der Waals surface area contributed by atoms with Crippen LogP contribution in [0, 0.1) is 18.7 Å². The molecule has 2 rings (SSSR count). The summed E-state index contributed by atoms with van der Waals surface area (Å²) in [6.07, 6.45) is 4.97. The van der Waals surface area contributed by atoms with Gasteiger partial charge in [-0.1, -0.05) is 37.3 Å². The number of halogens is 1. The Morgan fingerprint density at radius 2 is 1.86 bits per heavy atom. The summed E-state index contributed by atoms with van der Waals surface area (Å²) in [5, 5.41) is 12.1. The maximum absolute atomic E-state index is 13.8. The van der Waals surface area contributed by atoms with Crippen LogP contribution < -0.4 is 5.32 Å². The summed E-state index contributed by atoms with van der Waals surface area (Å²) < 4.78 is 13.8.